The van der Waals surface area contributed by atoms with E-state index in [1.807, 2.05) is 0 Å². The predicted molar refractivity (Wildman–Crippen MR) is 113 cm³/mol. The molecule has 0 bridgehead atoms. The van der Waals surface area contributed by atoms with Gasteiger partial charge in [0.1, 0.15) is 12.4 Å². The number of amides is 1. The monoisotopic (exact) mass is 443 g/mol. The molecule has 3 rings (SSSR count). The summed E-state index contributed by atoms with van der Waals surface area (Å²) < 4.78 is 15.4. The quantitative estimate of drug-likeness (QED) is 0.470. The summed E-state index contributed by atoms with van der Waals surface area (Å²) >= 11 is 6.37. The van der Waals surface area contributed by atoms with Crippen molar-refractivity contribution in [2.24, 2.45) is 0 Å². The van der Waals surface area contributed by atoms with Crippen LogP contribution < -0.4 is 0 Å². The van der Waals surface area contributed by atoms with Crippen LogP contribution in [0.25, 0.3) is 0 Å². The third-order valence-electron chi connectivity index (χ3n) is 5.02. The van der Waals surface area contributed by atoms with Crippen LogP contribution in [-0.4, -0.2) is 36.5 Å². The molecule has 31 heavy (non-hydrogen) atoms. The van der Waals surface area contributed by atoms with Crippen molar-refractivity contribution in [2.75, 3.05) is 13.7 Å². The summed E-state index contributed by atoms with van der Waals surface area (Å²) in [6.07, 6.45) is 1.51. The van der Waals surface area contributed by atoms with Crippen LogP contribution in [0.1, 0.15) is 41.1 Å². The molecule has 1 amide bonds. The van der Waals surface area contributed by atoms with E-state index in [1.165, 1.54) is 24.2 Å². The minimum absolute atomic E-state index is 0.0307. The highest BCUT2D eigenvalue weighted by molar-refractivity contribution is 6.31. The Kier molecular flexibility index (Phi) is 6.97. The molecule has 1 atom stereocenters. The van der Waals surface area contributed by atoms with Crippen LogP contribution in [0.2, 0.25) is 5.02 Å². The summed E-state index contributed by atoms with van der Waals surface area (Å²) in [4.78, 5) is 39.0. The molecule has 2 aromatic rings. The van der Waals surface area contributed by atoms with E-state index in [4.69, 9.17) is 20.8 Å². The number of esters is 2. The number of methoxy groups -OCH3 is 1. The zero-order valence-corrected chi connectivity index (χ0v) is 18.0. The first-order chi connectivity index (χ1) is 14.9. The van der Waals surface area contributed by atoms with E-state index >= 15 is 0 Å². The predicted octanol–water partition coefficient (Wildman–Crippen LogP) is 4.24. The van der Waals surface area contributed by atoms with E-state index in [2.05, 4.69) is 11.3 Å². The Morgan fingerprint density at radius 2 is 2.00 bits per heavy atom. The molecule has 0 spiro atoms. The average molecular weight is 444 g/mol. The van der Waals surface area contributed by atoms with Crippen LogP contribution in [0.5, 0.6) is 0 Å². The molecule has 0 saturated heterocycles. The molecular weight excluding hydrogens is 422 g/mol. The largest absolute Gasteiger partial charge is 0.463 e. The average Bonchev–Trinajstić information content (AvgIpc) is 3.23. The van der Waals surface area contributed by atoms with Gasteiger partial charge >= 0.3 is 11.9 Å². The molecule has 162 valence electrons. The van der Waals surface area contributed by atoms with Gasteiger partial charge in [-0.25, -0.2) is 9.59 Å². The number of allylic oxidation sites excluding steroid dienone is 1. The number of hydrogen-bond donors (Lipinski definition) is 0. The van der Waals surface area contributed by atoms with Gasteiger partial charge in [-0.1, -0.05) is 42.5 Å². The molecule has 1 aromatic carbocycles. The van der Waals surface area contributed by atoms with Crippen molar-refractivity contribution in [3.05, 3.63) is 82.4 Å². The normalized spacial score (nSPS) is 16.3. The molecule has 2 heterocycles. The molecule has 1 aliphatic heterocycles. The third kappa shape index (κ3) is 4.72. The number of ether oxygens (including phenoxy) is 2. The molecule has 1 unspecified atom stereocenters. The number of carbonyl (C=O) groups excluding carboxylic acids is 3. The Morgan fingerprint density at radius 3 is 2.68 bits per heavy atom. The minimum atomic E-state index is -0.615. The van der Waals surface area contributed by atoms with Crippen LogP contribution in [-0.2, 0) is 25.6 Å². The first-order valence-corrected chi connectivity index (χ1v) is 9.95. The SMILES string of the molecule is C=CCOC(=O)C1=C(C)N(Cc2ccc(C(=O)OC)o2)C(=O)CC1c1ccccc1Cl. The van der Waals surface area contributed by atoms with E-state index in [0.29, 0.717) is 27.6 Å². The summed E-state index contributed by atoms with van der Waals surface area (Å²) in [5.74, 6) is -1.51. The highest BCUT2D eigenvalue weighted by atomic mass is 35.5. The Bertz CT molecular complexity index is 1050. The van der Waals surface area contributed by atoms with Crippen LogP contribution in [0, 0.1) is 0 Å². The first-order valence-electron chi connectivity index (χ1n) is 9.58. The Labute approximate surface area is 184 Å². The van der Waals surface area contributed by atoms with Crippen molar-refractivity contribution in [2.45, 2.75) is 25.8 Å². The smallest absolute Gasteiger partial charge is 0.373 e. The number of hydrogen-bond acceptors (Lipinski definition) is 6. The second-order valence-electron chi connectivity index (χ2n) is 6.90. The van der Waals surface area contributed by atoms with Crippen molar-refractivity contribution >= 4 is 29.4 Å². The zero-order chi connectivity index (χ0) is 22.5. The summed E-state index contributed by atoms with van der Waals surface area (Å²) in [5.41, 5.74) is 1.45. The van der Waals surface area contributed by atoms with E-state index in [9.17, 15) is 14.4 Å². The number of carbonyl (C=O) groups is 3. The lowest BCUT2D eigenvalue weighted by Gasteiger charge is -2.34. The van der Waals surface area contributed by atoms with Gasteiger partial charge in [-0.05, 0) is 30.7 Å². The molecule has 8 heteroatoms. The number of benzene rings is 1. The summed E-state index contributed by atoms with van der Waals surface area (Å²) in [6, 6.07) is 10.2. The number of rotatable bonds is 7. The first kappa shape index (κ1) is 22.4. The van der Waals surface area contributed by atoms with Gasteiger partial charge in [-0.2, -0.15) is 0 Å². The molecule has 7 nitrogen and oxygen atoms in total. The zero-order valence-electron chi connectivity index (χ0n) is 17.2. The van der Waals surface area contributed by atoms with Crippen molar-refractivity contribution in [3.8, 4) is 0 Å². The topological polar surface area (TPSA) is 86.1 Å². The lowest BCUT2D eigenvalue weighted by atomic mass is 9.83. The van der Waals surface area contributed by atoms with Gasteiger partial charge in [-0.3, -0.25) is 4.79 Å². The summed E-state index contributed by atoms with van der Waals surface area (Å²) in [6.45, 7) is 5.33. The number of furan rings is 1. The van der Waals surface area contributed by atoms with E-state index in [-0.39, 0.29) is 31.2 Å². The molecule has 1 aliphatic rings. The Hall–Kier alpha value is -3.32. The minimum Gasteiger partial charge on any atom is -0.463 e. The summed E-state index contributed by atoms with van der Waals surface area (Å²) in [7, 11) is 1.25. The maximum atomic E-state index is 13.0. The lowest BCUT2D eigenvalue weighted by molar-refractivity contribution is -0.139. The van der Waals surface area contributed by atoms with Gasteiger partial charge in [0, 0.05) is 23.1 Å². The van der Waals surface area contributed by atoms with Gasteiger partial charge in [0.2, 0.25) is 11.7 Å². The molecule has 1 aromatic heterocycles. The van der Waals surface area contributed by atoms with E-state index in [0.717, 1.165) is 0 Å². The Balaban J connectivity index is 2.00. The lowest BCUT2D eigenvalue weighted by Crippen LogP contribution is -2.38. The second kappa shape index (κ2) is 9.66. The van der Waals surface area contributed by atoms with Gasteiger partial charge in [0.15, 0.2) is 0 Å². The molecule has 0 radical (unpaired) electrons. The third-order valence-corrected chi connectivity index (χ3v) is 5.36. The van der Waals surface area contributed by atoms with Crippen LogP contribution in [0.4, 0.5) is 0 Å². The number of halogens is 1. The maximum absolute atomic E-state index is 13.0. The fourth-order valence-electron chi connectivity index (χ4n) is 3.53. The van der Waals surface area contributed by atoms with Crippen molar-refractivity contribution in [3.63, 3.8) is 0 Å². The van der Waals surface area contributed by atoms with E-state index < -0.39 is 17.9 Å². The fourth-order valence-corrected chi connectivity index (χ4v) is 3.80. The molecule has 0 N–H and O–H groups in total. The second-order valence-corrected chi connectivity index (χ2v) is 7.31. The highest BCUT2D eigenvalue weighted by Gasteiger charge is 2.38. The van der Waals surface area contributed by atoms with Crippen LogP contribution in [0.3, 0.4) is 0 Å². The molecule has 0 aliphatic carbocycles. The molecule has 0 saturated carbocycles. The molecule has 0 fully saturated rings. The summed E-state index contributed by atoms with van der Waals surface area (Å²) in [5, 5.41) is 0.462. The van der Waals surface area contributed by atoms with Gasteiger partial charge in [0.05, 0.1) is 19.2 Å². The molecular formula is C23H22ClNO6. The van der Waals surface area contributed by atoms with Gasteiger partial charge < -0.3 is 18.8 Å². The van der Waals surface area contributed by atoms with E-state index in [1.54, 1.807) is 37.3 Å². The van der Waals surface area contributed by atoms with Crippen molar-refractivity contribution in [1.29, 1.82) is 0 Å². The van der Waals surface area contributed by atoms with Crippen LogP contribution >= 0.6 is 11.6 Å². The van der Waals surface area contributed by atoms with Gasteiger partial charge in [0.25, 0.3) is 0 Å². The van der Waals surface area contributed by atoms with Gasteiger partial charge in [-0.15, -0.1) is 0 Å². The van der Waals surface area contributed by atoms with Crippen LogP contribution in [0.15, 0.2) is 64.7 Å². The van der Waals surface area contributed by atoms with Crippen molar-refractivity contribution in [1.82, 2.24) is 4.90 Å². The number of nitrogens with zero attached hydrogens (tertiary/aromatic N) is 1. The standard InChI is InChI=1S/C23H22ClNO6/c1-4-11-30-23(28)21-14(2)25(13-15-9-10-19(31-15)22(27)29-3)20(26)12-17(21)16-7-5-6-8-18(16)24/h4-10,17H,1,11-13H2,2-3H3. The van der Waals surface area contributed by atoms with Crippen molar-refractivity contribution < 1.29 is 28.3 Å². The highest BCUT2D eigenvalue weighted by Crippen LogP contribution is 2.40. The maximum Gasteiger partial charge on any atom is 0.373 e. The Morgan fingerprint density at radius 1 is 1.26 bits per heavy atom. The fraction of sp³-hybridized carbons (Fsp3) is 0.261.